The zero-order chi connectivity index (χ0) is 15.6. The molecule has 0 saturated heterocycles. The average molecular weight is 342 g/mol. The van der Waals surface area contributed by atoms with Crippen molar-refractivity contribution in [3.63, 3.8) is 0 Å². The monoisotopic (exact) mass is 341 g/mol. The van der Waals surface area contributed by atoms with Crippen molar-refractivity contribution in [2.75, 3.05) is 0 Å². The lowest BCUT2D eigenvalue weighted by molar-refractivity contribution is 0.318. The summed E-state index contributed by atoms with van der Waals surface area (Å²) >= 11 is 13.6. The van der Waals surface area contributed by atoms with Gasteiger partial charge in [-0.1, -0.05) is 40.1 Å². The molecule has 3 N–H and O–H groups in total. The summed E-state index contributed by atoms with van der Waals surface area (Å²) in [6.45, 7) is 3.69. The summed E-state index contributed by atoms with van der Waals surface area (Å²) in [7, 11) is 0. The van der Waals surface area contributed by atoms with Gasteiger partial charge in [0.05, 0.1) is 10.6 Å². The van der Waals surface area contributed by atoms with Crippen LogP contribution in [0, 0.1) is 13.8 Å². The number of nitrogens with two attached hydrogens (primary N) is 1. The molecule has 0 radical (unpaired) electrons. The lowest BCUT2D eigenvalue weighted by atomic mass is 10.1. The topological polar surface area (TPSA) is 71.5 Å². The van der Waals surface area contributed by atoms with E-state index in [4.69, 9.17) is 34.1 Å². The van der Waals surface area contributed by atoms with E-state index >= 15 is 0 Å². The fraction of sp³-hybridized carbons (Fsp3) is 0.143. The van der Waals surface area contributed by atoms with Crippen LogP contribution in [-0.2, 0) is 0 Å². The Labute approximate surface area is 137 Å². The molecule has 0 saturated carbocycles. The molecule has 2 aromatic rings. The minimum atomic E-state index is 0.0145. The van der Waals surface area contributed by atoms with Gasteiger partial charge >= 0.3 is 0 Å². The minimum absolute atomic E-state index is 0.0145. The number of rotatable bonds is 3. The molecule has 2 rings (SSSR count). The quantitative estimate of drug-likeness (QED) is 0.379. The second kappa shape index (κ2) is 6.56. The van der Waals surface area contributed by atoms with Gasteiger partial charge in [-0.15, -0.1) is 0 Å². The van der Waals surface area contributed by atoms with Gasteiger partial charge in [-0.3, -0.25) is 4.98 Å². The Balaban J connectivity index is 2.55. The molecule has 0 spiro atoms. The summed E-state index contributed by atoms with van der Waals surface area (Å²) in [6.07, 6.45) is 0. The molecule has 0 unspecified atom stereocenters. The molecule has 110 valence electrons. The molecule has 7 heteroatoms. The van der Waals surface area contributed by atoms with Crippen LogP contribution in [0.15, 0.2) is 39.2 Å². The van der Waals surface area contributed by atoms with Crippen molar-refractivity contribution >= 4 is 40.8 Å². The molecule has 1 heterocycles. The fourth-order valence-corrected chi connectivity index (χ4v) is 3.55. The Morgan fingerprint density at radius 3 is 2.62 bits per heavy atom. The molecule has 0 aliphatic heterocycles. The van der Waals surface area contributed by atoms with Crippen LogP contribution in [0.1, 0.15) is 17.0 Å². The summed E-state index contributed by atoms with van der Waals surface area (Å²) in [4.78, 5) is 5.94. The van der Waals surface area contributed by atoms with Crippen LogP contribution in [-0.4, -0.2) is 16.0 Å². The molecule has 1 aromatic carbocycles. The maximum atomic E-state index is 8.95. The molecule has 0 aliphatic carbocycles. The average Bonchev–Trinajstić information content (AvgIpc) is 2.41. The van der Waals surface area contributed by atoms with Crippen LogP contribution < -0.4 is 5.73 Å². The summed E-state index contributed by atoms with van der Waals surface area (Å²) in [5.41, 5.74) is 7.86. The number of benzene rings is 1. The van der Waals surface area contributed by atoms with Crippen LogP contribution in [0.5, 0.6) is 0 Å². The minimum Gasteiger partial charge on any atom is -0.409 e. The first kappa shape index (κ1) is 15.9. The number of aryl methyl sites for hydroxylation is 2. The molecular formula is C14H13Cl2N3OS. The maximum absolute atomic E-state index is 8.95. The third-order valence-corrected chi connectivity index (χ3v) is 4.55. The van der Waals surface area contributed by atoms with Crippen molar-refractivity contribution in [3.05, 3.63) is 51.3 Å². The van der Waals surface area contributed by atoms with Crippen molar-refractivity contribution in [2.45, 2.75) is 23.6 Å². The first-order chi connectivity index (χ1) is 9.92. The van der Waals surface area contributed by atoms with Crippen LogP contribution in [0.4, 0.5) is 0 Å². The van der Waals surface area contributed by atoms with Crippen molar-refractivity contribution < 1.29 is 5.21 Å². The zero-order valence-electron chi connectivity index (χ0n) is 11.4. The second-order valence-electron chi connectivity index (χ2n) is 4.38. The van der Waals surface area contributed by atoms with Gasteiger partial charge in [0, 0.05) is 26.2 Å². The number of aromatic nitrogens is 1. The van der Waals surface area contributed by atoms with Crippen molar-refractivity contribution in [1.29, 1.82) is 0 Å². The number of oxime groups is 1. The first-order valence-electron chi connectivity index (χ1n) is 6.01. The van der Waals surface area contributed by atoms with Gasteiger partial charge < -0.3 is 10.9 Å². The van der Waals surface area contributed by atoms with Gasteiger partial charge in [-0.05, 0) is 38.1 Å². The number of pyridine rings is 1. The van der Waals surface area contributed by atoms with Crippen LogP contribution in [0.3, 0.4) is 0 Å². The first-order valence-corrected chi connectivity index (χ1v) is 7.58. The molecule has 0 aliphatic rings. The van der Waals surface area contributed by atoms with E-state index in [1.807, 2.05) is 19.9 Å². The van der Waals surface area contributed by atoms with E-state index in [1.54, 1.807) is 18.2 Å². The smallest absolute Gasteiger partial charge is 0.173 e. The van der Waals surface area contributed by atoms with Crippen LogP contribution in [0.25, 0.3) is 0 Å². The highest BCUT2D eigenvalue weighted by Gasteiger charge is 2.15. The van der Waals surface area contributed by atoms with E-state index in [0.717, 1.165) is 15.5 Å². The molecule has 1 aromatic heterocycles. The molecule has 4 nitrogen and oxygen atoms in total. The van der Waals surface area contributed by atoms with Crippen molar-refractivity contribution in [2.24, 2.45) is 10.9 Å². The SMILES string of the molecule is Cc1cc(Sc2cc(Cl)ccc2Cl)c(/C(N)=N/O)c(C)n1. The number of halogens is 2. The van der Waals surface area contributed by atoms with Crippen LogP contribution >= 0.6 is 35.0 Å². The largest absolute Gasteiger partial charge is 0.409 e. The molecule has 0 amide bonds. The van der Waals surface area contributed by atoms with Crippen molar-refractivity contribution in [1.82, 2.24) is 4.98 Å². The summed E-state index contributed by atoms with van der Waals surface area (Å²) < 4.78 is 0. The number of hydrogen-bond acceptors (Lipinski definition) is 4. The standard InChI is InChI=1S/C14H13Cl2N3OS/c1-7-5-12(13(8(2)18-7)14(17)19-20)21-11-6-9(15)3-4-10(11)16/h3-6,20H,1-2H3,(H2,17,19). The summed E-state index contributed by atoms with van der Waals surface area (Å²) in [5, 5.41) is 13.2. The fourth-order valence-electron chi connectivity index (χ4n) is 1.91. The highest BCUT2D eigenvalue weighted by Crippen LogP contribution is 2.37. The second-order valence-corrected chi connectivity index (χ2v) is 6.31. The molecule has 0 fully saturated rings. The third-order valence-electron chi connectivity index (χ3n) is 2.77. The van der Waals surface area contributed by atoms with E-state index in [1.165, 1.54) is 11.8 Å². The number of amidine groups is 1. The Morgan fingerprint density at radius 2 is 1.95 bits per heavy atom. The van der Waals surface area contributed by atoms with Gasteiger partial charge in [0.1, 0.15) is 0 Å². The number of hydrogen-bond donors (Lipinski definition) is 2. The lowest BCUT2D eigenvalue weighted by Gasteiger charge is -2.12. The normalized spacial score (nSPS) is 11.7. The highest BCUT2D eigenvalue weighted by molar-refractivity contribution is 7.99. The third kappa shape index (κ3) is 3.61. The summed E-state index contributed by atoms with van der Waals surface area (Å²) in [5.74, 6) is 0.0145. The maximum Gasteiger partial charge on any atom is 0.173 e. The zero-order valence-corrected chi connectivity index (χ0v) is 13.7. The Kier molecular flexibility index (Phi) is 4.98. The molecule has 21 heavy (non-hydrogen) atoms. The van der Waals surface area contributed by atoms with Gasteiger partial charge in [-0.2, -0.15) is 0 Å². The van der Waals surface area contributed by atoms with E-state index in [-0.39, 0.29) is 5.84 Å². The van der Waals surface area contributed by atoms with E-state index < -0.39 is 0 Å². The van der Waals surface area contributed by atoms with E-state index in [0.29, 0.717) is 21.3 Å². The Morgan fingerprint density at radius 1 is 1.24 bits per heavy atom. The predicted molar refractivity (Wildman–Crippen MR) is 86.8 cm³/mol. The Hall–Kier alpha value is -1.43. The molecule has 0 bridgehead atoms. The van der Waals surface area contributed by atoms with Gasteiger partial charge in [0.15, 0.2) is 5.84 Å². The Bertz CT molecular complexity index is 720. The highest BCUT2D eigenvalue weighted by atomic mass is 35.5. The molecular weight excluding hydrogens is 329 g/mol. The predicted octanol–water partition coefficient (Wildman–Crippen LogP) is 4.25. The molecule has 0 atom stereocenters. The lowest BCUT2D eigenvalue weighted by Crippen LogP contribution is -2.17. The van der Waals surface area contributed by atoms with E-state index in [9.17, 15) is 0 Å². The summed E-state index contributed by atoms with van der Waals surface area (Å²) in [6, 6.07) is 7.09. The van der Waals surface area contributed by atoms with E-state index in [2.05, 4.69) is 10.1 Å². The van der Waals surface area contributed by atoms with Crippen molar-refractivity contribution in [3.8, 4) is 0 Å². The number of nitrogens with zero attached hydrogens (tertiary/aromatic N) is 2. The van der Waals surface area contributed by atoms with Gasteiger partial charge in [0.25, 0.3) is 0 Å². The van der Waals surface area contributed by atoms with Gasteiger partial charge in [-0.25, -0.2) is 0 Å². The van der Waals surface area contributed by atoms with Crippen LogP contribution in [0.2, 0.25) is 10.0 Å². The van der Waals surface area contributed by atoms with Gasteiger partial charge in [0.2, 0.25) is 0 Å².